The number of hydrogen-bond donors (Lipinski definition) is 2. The van der Waals surface area contributed by atoms with Gasteiger partial charge in [-0.25, -0.2) is 0 Å². The first-order valence-corrected chi connectivity index (χ1v) is 6.19. The summed E-state index contributed by atoms with van der Waals surface area (Å²) in [6.45, 7) is 6.11. The maximum absolute atomic E-state index is 11.2. The fraction of sp³-hybridized carbons (Fsp3) is 0.385. The topological polar surface area (TPSA) is 72.3 Å². The molecule has 4 nitrogen and oxygen atoms in total. The van der Waals surface area contributed by atoms with E-state index in [0.29, 0.717) is 4.99 Å². The average molecular weight is 265 g/mol. The summed E-state index contributed by atoms with van der Waals surface area (Å²) >= 11 is 5.06. The van der Waals surface area contributed by atoms with Gasteiger partial charge in [-0.2, -0.15) is 0 Å². The van der Waals surface area contributed by atoms with Gasteiger partial charge in [-0.3, -0.25) is 4.79 Å². The second kappa shape index (κ2) is 5.82. The quantitative estimate of drug-likeness (QED) is 0.788. The van der Waals surface area contributed by atoms with Crippen LogP contribution in [-0.2, 0) is 4.79 Å². The Morgan fingerprint density at radius 3 is 2.44 bits per heavy atom. The molecule has 0 heterocycles. The summed E-state index contributed by atoms with van der Waals surface area (Å²) in [6, 6.07) is 5.95. The maximum atomic E-state index is 11.2. The molecule has 0 fully saturated rings. The molecule has 0 aromatic heterocycles. The molecule has 0 radical (unpaired) electrons. The Kier molecular flexibility index (Phi) is 4.67. The first-order chi connectivity index (χ1) is 8.32. The van der Waals surface area contributed by atoms with Crippen LogP contribution in [0.4, 0.5) is 5.69 Å². The smallest absolute Gasteiger partial charge is 0.236 e. The number of primary amides is 1. The second-order valence-electron chi connectivity index (χ2n) is 4.57. The molecule has 0 saturated heterocycles. The Bertz CT molecular complexity index is 471. The van der Waals surface area contributed by atoms with Gasteiger partial charge < -0.3 is 16.4 Å². The molecule has 0 atom stereocenters. The van der Waals surface area contributed by atoms with E-state index < -0.39 is 0 Å². The number of carbonyl (C=O) groups excluding carboxylic acids is 1. The molecular weight excluding hydrogens is 246 g/mol. The molecule has 0 spiro atoms. The number of amides is 1. The Hall–Kier alpha value is -1.62. The first-order valence-electron chi connectivity index (χ1n) is 5.78. The van der Waals surface area contributed by atoms with Crippen molar-refractivity contribution in [3.63, 3.8) is 0 Å². The van der Waals surface area contributed by atoms with E-state index in [9.17, 15) is 4.79 Å². The molecule has 18 heavy (non-hydrogen) atoms. The summed E-state index contributed by atoms with van der Waals surface area (Å²) in [5.74, 6) is -0.377. The molecule has 98 valence electrons. The molecule has 1 aromatic rings. The van der Waals surface area contributed by atoms with Crippen LogP contribution in [0.25, 0.3) is 0 Å². The first kappa shape index (κ1) is 14.4. The highest BCUT2D eigenvalue weighted by molar-refractivity contribution is 7.80. The summed E-state index contributed by atoms with van der Waals surface area (Å²) in [6.07, 6.45) is 0. The SMILES string of the molecule is Cc1ccc(N(CC(N)=O)C(C)C)c(C(N)=S)c1. The number of nitrogens with two attached hydrogens (primary N) is 2. The maximum Gasteiger partial charge on any atom is 0.236 e. The van der Waals surface area contributed by atoms with Gasteiger partial charge in [0.25, 0.3) is 0 Å². The van der Waals surface area contributed by atoms with Gasteiger partial charge in [-0.1, -0.05) is 23.8 Å². The van der Waals surface area contributed by atoms with Crippen LogP contribution in [0.5, 0.6) is 0 Å². The predicted octanol–water partition coefficient (Wildman–Crippen LogP) is 1.33. The summed E-state index contributed by atoms with van der Waals surface area (Å²) in [4.78, 5) is 13.4. The minimum atomic E-state index is -0.377. The lowest BCUT2D eigenvalue weighted by molar-refractivity contribution is -0.116. The molecule has 0 saturated carbocycles. The predicted molar refractivity (Wildman–Crippen MR) is 78.7 cm³/mol. The van der Waals surface area contributed by atoms with E-state index in [1.807, 2.05) is 43.9 Å². The van der Waals surface area contributed by atoms with Crippen LogP contribution in [-0.4, -0.2) is 23.5 Å². The zero-order valence-corrected chi connectivity index (χ0v) is 11.8. The van der Waals surface area contributed by atoms with Gasteiger partial charge in [-0.15, -0.1) is 0 Å². The minimum Gasteiger partial charge on any atom is -0.389 e. The zero-order chi connectivity index (χ0) is 13.9. The van der Waals surface area contributed by atoms with Crippen molar-refractivity contribution in [2.75, 3.05) is 11.4 Å². The highest BCUT2D eigenvalue weighted by atomic mass is 32.1. The number of carbonyl (C=O) groups is 1. The van der Waals surface area contributed by atoms with E-state index in [1.165, 1.54) is 0 Å². The molecule has 0 aliphatic rings. The second-order valence-corrected chi connectivity index (χ2v) is 5.01. The summed E-state index contributed by atoms with van der Waals surface area (Å²) < 4.78 is 0. The van der Waals surface area contributed by atoms with Gasteiger partial charge in [0, 0.05) is 17.3 Å². The van der Waals surface area contributed by atoms with E-state index in [-0.39, 0.29) is 18.5 Å². The largest absolute Gasteiger partial charge is 0.389 e. The molecule has 0 bridgehead atoms. The van der Waals surface area contributed by atoms with Crippen LogP contribution in [0.3, 0.4) is 0 Å². The number of anilines is 1. The van der Waals surface area contributed by atoms with Crippen molar-refractivity contribution in [1.82, 2.24) is 0 Å². The third-order valence-corrected chi connectivity index (χ3v) is 2.90. The molecule has 5 heteroatoms. The van der Waals surface area contributed by atoms with Crippen LogP contribution >= 0.6 is 12.2 Å². The van der Waals surface area contributed by atoms with Gasteiger partial charge in [0.1, 0.15) is 4.99 Å². The Morgan fingerprint density at radius 1 is 1.39 bits per heavy atom. The normalized spacial score (nSPS) is 10.4. The Morgan fingerprint density at radius 2 is 2.00 bits per heavy atom. The molecular formula is C13H19N3OS. The molecule has 0 aliphatic carbocycles. The van der Waals surface area contributed by atoms with Crippen molar-refractivity contribution in [3.8, 4) is 0 Å². The van der Waals surface area contributed by atoms with Crippen LogP contribution in [0, 0.1) is 6.92 Å². The number of thiocarbonyl (C=S) groups is 1. The van der Waals surface area contributed by atoms with Crippen molar-refractivity contribution in [1.29, 1.82) is 0 Å². The van der Waals surface area contributed by atoms with Gasteiger partial charge >= 0.3 is 0 Å². The van der Waals surface area contributed by atoms with E-state index >= 15 is 0 Å². The average Bonchev–Trinajstić information content (AvgIpc) is 2.25. The van der Waals surface area contributed by atoms with Crippen LogP contribution in [0.1, 0.15) is 25.0 Å². The molecule has 0 aliphatic heterocycles. The molecule has 1 aromatic carbocycles. The van der Waals surface area contributed by atoms with Gasteiger partial charge in [0.2, 0.25) is 5.91 Å². The third kappa shape index (κ3) is 3.43. The van der Waals surface area contributed by atoms with Gasteiger partial charge in [0.15, 0.2) is 0 Å². The van der Waals surface area contributed by atoms with Gasteiger partial charge in [0.05, 0.1) is 6.54 Å². The van der Waals surface area contributed by atoms with Crippen LogP contribution < -0.4 is 16.4 Å². The van der Waals surface area contributed by atoms with Gasteiger partial charge in [-0.05, 0) is 32.9 Å². The van der Waals surface area contributed by atoms with E-state index in [1.54, 1.807) is 0 Å². The lowest BCUT2D eigenvalue weighted by Crippen LogP contribution is -2.39. The van der Waals surface area contributed by atoms with Crippen molar-refractivity contribution >= 4 is 28.8 Å². The van der Waals surface area contributed by atoms with E-state index in [0.717, 1.165) is 16.8 Å². The number of rotatable bonds is 5. The summed E-state index contributed by atoms with van der Waals surface area (Å²) in [5, 5.41) is 0. The number of aryl methyl sites for hydroxylation is 1. The van der Waals surface area contributed by atoms with Crippen LogP contribution in [0.15, 0.2) is 18.2 Å². The monoisotopic (exact) mass is 265 g/mol. The lowest BCUT2D eigenvalue weighted by atomic mass is 10.1. The molecule has 1 rings (SSSR count). The zero-order valence-electron chi connectivity index (χ0n) is 10.9. The number of nitrogens with zero attached hydrogens (tertiary/aromatic N) is 1. The Balaban J connectivity index is 3.27. The third-order valence-electron chi connectivity index (χ3n) is 2.68. The highest BCUT2D eigenvalue weighted by Gasteiger charge is 2.17. The molecule has 4 N–H and O–H groups in total. The number of hydrogen-bond acceptors (Lipinski definition) is 3. The molecule has 1 amide bonds. The van der Waals surface area contributed by atoms with E-state index in [2.05, 4.69) is 0 Å². The van der Waals surface area contributed by atoms with Crippen molar-refractivity contribution in [3.05, 3.63) is 29.3 Å². The summed E-state index contributed by atoms with van der Waals surface area (Å²) in [7, 11) is 0. The fourth-order valence-corrected chi connectivity index (χ4v) is 1.97. The van der Waals surface area contributed by atoms with Crippen molar-refractivity contribution in [2.24, 2.45) is 11.5 Å². The fourth-order valence-electron chi connectivity index (χ4n) is 1.81. The Labute approximate surface area is 113 Å². The van der Waals surface area contributed by atoms with Crippen molar-refractivity contribution < 1.29 is 4.79 Å². The van der Waals surface area contributed by atoms with Crippen LogP contribution in [0.2, 0.25) is 0 Å². The number of benzene rings is 1. The lowest BCUT2D eigenvalue weighted by Gasteiger charge is -2.29. The van der Waals surface area contributed by atoms with Crippen molar-refractivity contribution in [2.45, 2.75) is 26.8 Å². The highest BCUT2D eigenvalue weighted by Crippen LogP contribution is 2.23. The van der Waals surface area contributed by atoms with E-state index in [4.69, 9.17) is 23.7 Å². The molecule has 0 unspecified atom stereocenters. The standard InChI is InChI=1S/C13H19N3OS/c1-8(2)16(7-12(14)17)11-5-4-9(3)6-10(11)13(15)18/h4-6,8H,7H2,1-3H3,(H2,14,17)(H2,15,18). The minimum absolute atomic E-state index is 0.133. The summed E-state index contributed by atoms with van der Waals surface area (Å²) in [5.41, 5.74) is 13.7.